The van der Waals surface area contributed by atoms with Crippen LogP contribution < -0.4 is 5.32 Å². The predicted molar refractivity (Wildman–Crippen MR) is 103 cm³/mol. The maximum Gasteiger partial charge on any atom is 0.184 e. The van der Waals surface area contributed by atoms with Crippen molar-refractivity contribution in [1.82, 2.24) is 29.5 Å². The van der Waals surface area contributed by atoms with Crippen molar-refractivity contribution < 1.29 is 0 Å². The van der Waals surface area contributed by atoms with Crippen molar-refractivity contribution >= 4 is 33.3 Å². The summed E-state index contributed by atoms with van der Waals surface area (Å²) in [5.41, 5.74) is 2.63. The molecule has 0 aliphatic heterocycles. The second-order valence-electron chi connectivity index (χ2n) is 6.95. The number of aromatic nitrogens is 6. The zero-order chi connectivity index (χ0) is 18.4. The smallest absolute Gasteiger partial charge is 0.184 e. The maximum absolute atomic E-state index is 9.00. The molecule has 3 unspecified atom stereocenters. The summed E-state index contributed by atoms with van der Waals surface area (Å²) in [6.45, 7) is 2.23. The van der Waals surface area contributed by atoms with Crippen molar-refractivity contribution in [2.75, 3.05) is 5.32 Å². The Morgan fingerprint density at radius 2 is 2.26 bits per heavy atom. The average molecular weight is 378 g/mol. The number of anilines is 1. The van der Waals surface area contributed by atoms with Gasteiger partial charge in [-0.15, -0.1) is 10.2 Å². The second kappa shape index (κ2) is 6.32. The van der Waals surface area contributed by atoms with Crippen LogP contribution in [-0.2, 0) is 0 Å². The van der Waals surface area contributed by atoms with Gasteiger partial charge in [0.2, 0.25) is 0 Å². The molecular weight excluding hydrogens is 360 g/mol. The molecule has 4 aromatic rings. The number of rotatable bonds is 4. The van der Waals surface area contributed by atoms with Crippen LogP contribution in [0.15, 0.2) is 24.7 Å². The first-order valence-electron chi connectivity index (χ1n) is 9.06. The third-order valence-corrected chi connectivity index (χ3v) is 6.29. The third-order valence-electron chi connectivity index (χ3n) is 5.46. The number of thiazole rings is 1. The number of aromatic amines is 1. The number of nitrogens with one attached hydrogen (secondary N) is 2. The minimum absolute atomic E-state index is 0.313. The lowest BCUT2D eigenvalue weighted by Crippen LogP contribution is -2.15. The molecule has 4 heterocycles. The molecule has 136 valence electrons. The van der Waals surface area contributed by atoms with Gasteiger partial charge >= 0.3 is 0 Å². The summed E-state index contributed by atoms with van der Waals surface area (Å²) >= 11 is 1.40. The molecular formula is C18H18N8S. The molecule has 8 nitrogen and oxygen atoms in total. The highest BCUT2D eigenvalue weighted by molar-refractivity contribution is 7.16. The van der Waals surface area contributed by atoms with Crippen LogP contribution in [0, 0.1) is 17.2 Å². The minimum atomic E-state index is 0.313. The Balaban J connectivity index is 1.48. The largest absolute Gasteiger partial charge is 0.359 e. The summed E-state index contributed by atoms with van der Waals surface area (Å²) in [5, 5.41) is 22.2. The number of H-pyrrole nitrogens is 1. The van der Waals surface area contributed by atoms with Gasteiger partial charge in [0.1, 0.15) is 16.8 Å². The Morgan fingerprint density at radius 1 is 1.33 bits per heavy atom. The van der Waals surface area contributed by atoms with Crippen molar-refractivity contribution in [2.45, 2.75) is 38.1 Å². The predicted octanol–water partition coefficient (Wildman–Crippen LogP) is 3.32. The van der Waals surface area contributed by atoms with E-state index >= 15 is 0 Å². The number of fused-ring (bicyclic) bond motifs is 3. The molecule has 0 amide bonds. The van der Waals surface area contributed by atoms with Crippen LogP contribution in [-0.4, -0.2) is 35.6 Å². The fourth-order valence-electron chi connectivity index (χ4n) is 4.22. The Bertz CT molecular complexity index is 1150. The van der Waals surface area contributed by atoms with Gasteiger partial charge < -0.3 is 10.3 Å². The fourth-order valence-corrected chi connectivity index (χ4v) is 4.91. The van der Waals surface area contributed by atoms with Gasteiger partial charge in [0, 0.05) is 18.2 Å². The van der Waals surface area contributed by atoms with Crippen molar-refractivity contribution in [2.24, 2.45) is 5.92 Å². The molecule has 2 N–H and O–H groups in total. The van der Waals surface area contributed by atoms with Crippen molar-refractivity contribution in [3.8, 4) is 6.07 Å². The van der Waals surface area contributed by atoms with Gasteiger partial charge in [0.25, 0.3) is 0 Å². The van der Waals surface area contributed by atoms with Gasteiger partial charge in [-0.2, -0.15) is 5.26 Å². The minimum Gasteiger partial charge on any atom is -0.359 e. The standard InChI is InChI=1S/C18H18N8S/c1-2-10-5-11(23-18-22-8-12(7-19)27-18)6-13(10)17-25-24-15-9-21-16-14(26(15)17)3-4-20-16/h3-4,8-11,13,20H,2,5-6H2,1H3,(H,22,23). The molecule has 9 heteroatoms. The van der Waals surface area contributed by atoms with E-state index in [2.05, 4.69) is 47.9 Å². The van der Waals surface area contributed by atoms with E-state index in [1.807, 2.05) is 12.3 Å². The number of nitrogens with zero attached hydrogens (tertiary/aromatic N) is 6. The first kappa shape index (κ1) is 16.2. The van der Waals surface area contributed by atoms with Gasteiger partial charge in [0.05, 0.1) is 17.9 Å². The summed E-state index contributed by atoms with van der Waals surface area (Å²) in [7, 11) is 0. The zero-order valence-corrected chi connectivity index (χ0v) is 15.6. The molecule has 4 aromatic heterocycles. The van der Waals surface area contributed by atoms with E-state index in [4.69, 9.17) is 5.26 Å². The molecule has 0 spiro atoms. The topological polar surface area (TPSA) is 108 Å². The van der Waals surface area contributed by atoms with E-state index in [1.165, 1.54) is 11.3 Å². The molecule has 3 atom stereocenters. The van der Waals surface area contributed by atoms with Gasteiger partial charge in [-0.3, -0.25) is 4.40 Å². The lowest BCUT2D eigenvalue weighted by atomic mass is 9.93. The van der Waals surface area contributed by atoms with Crippen LogP contribution in [0.4, 0.5) is 5.13 Å². The molecule has 27 heavy (non-hydrogen) atoms. The third kappa shape index (κ3) is 2.64. The summed E-state index contributed by atoms with van der Waals surface area (Å²) in [4.78, 5) is 12.5. The molecule has 1 saturated carbocycles. The van der Waals surface area contributed by atoms with Crippen molar-refractivity contribution in [3.05, 3.63) is 35.4 Å². The summed E-state index contributed by atoms with van der Waals surface area (Å²) in [6, 6.07) is 4.48. The lowest BCUT2D eigenvalue weighted by Gasteiger charge is -2.15. The molecule has 1 aliphatic rings. The Morgan fingerprint density at radius 3 is 3.07 bits per heavy atom. The van der Waals surface area contributed by atoms with Crippen LogP contribution >= 0.6 is 11.3 Å². The monoisotopic (exact) mass is 378 g/mol. The first-order chi connectivity index (χ1) is 13.3. The molecule has 0 radical (unpaired) electrons. The Hall–Kier alpha value is -2.99. The molecule has 0 aromatic carbocycles. The molecule has 1 fully saturated rings. The summed E-state index contributed by atoms with van der Waals surface area (Å²) in [5.74, 6) is 1.84. The normalized spacial score (nSPS) is 22.4. The van der Waals surface area contributed by atoms with E-state index < -0.39 is 0 Å². The Kier molecular flexibility index (Phi) is 3.79. The van der Waals surface area contributed by atoms with Crippen molar-refractivity contribution in [1.29, 1.82) is 5.26 Å². The molecule has 1 aliphatic carbocycles. The highest BCUT2D eigenvalue weighted by Gasteiger charge is 2.37. The Labute approximate surface area is 159 Å². The second-order valence-corrected chi connectivity index (χ2v) is 7.98. The quantitative estimate of drug-likeness (QED) is 0.564. The maximum atomic E-state index is 9.00. The lowest BCUT2D eigenvalue weighted by molar-refractivity contribution is 0.451. The summed E-state index contributed by atoms with van der Waals surface area (Å²) in [6.07, 6.45) is 8.39. The van der Waals surface area contributed by atoms with Gasteiger partial charge in [-0.05, 0) is 24.8 Å². The van der Waals surface area contributed by atoms with E-state index in [1.54, 1.807) is 12.4 Å². The highest BCUT2D eigenvalue weighted by atomic mass is 32.1. The zero-order valence-electron chi connectivity index (χ0n) is 14.8. The van der Waals surface area contributed by atoms with E-state index in [9.17, 15) is 0 Å². The van der Waals surface area contributed by atoms with Crippen LogP contribution in [0.25, 0.3) is 16.8 Å². The van der Waals surface area contributed by atoms with Crippen molar-refractivity contribution in [3.63, 3.8) is 0 Å². The van der Waals surface area contributed by atoms with Crippen LogP contribution in [0.5, 0.6) is 0 Å². The van der Waals surface area contributed by atoms with Crippen LogP contribution in [0.2, 0.25) is 0 Å². The van der Waals surface area contributed by atoms with Gasteiger partial charge in [-0.25, -0.2) is 9.97 Å². The fraction of sp³-hybridized carbons (Fsp3) is 0.389. The van der Waals surface area contributed by atoms with E-state index in [0.717, 1.165) is 47.0 Å². The van der Waals surface area contributed by atoms with Crippen LogP contribution in [0.3, 0.4) is 0 Å². The number of hydrogen-bond acceptors (Lipinski definition) is 7. The molecule has 0 bridgehead atoms. The average Bonchev–Trinajstić information content (AvgIpc) is 3.45. The van der Waals surface area contributed by atoms with E-state index in [0.29, 0.717) is 22.8 Å². The molecule has 0 saturated heterocycles. The molecule has 5 rings (SSSR count). The van der Waals surface area contributed by atoms with Gasteiger partial charge in [0.15, 0.2) is 16.4 Å². The summed E-state index contributed by atoms with van der Waals surface area (Å²) < 4.78 is 2.13. The highest BCUT2D eigenvalue weighted by Crippen LogP contribution is 2.42. The first-order valence-corrected chi connectivity index (χ1v) is 9.88. The number of nitriles is 1. The van der Waals surface area contributed by atoms with E-state index in [-0.39, 0.29) is 0 Å². The van der Waals surface area contributed by atoms with Crippen LogP contribution in [0.1, 0.15) is 42.8 Å². The SMILES string of the molecule is CCC1CC(Nc2ncc(C#N)s2)CC1c1nnc2cnc3[nH]ccc3n12. The number of hydrogen-bond donors (Lipinski definition) is 2. The van der Waals surface area contributed by atoms with Gasteiger partial charge in [-0.1, -0.05) is 24.7 Å².